The minimum Gasteiger partial charge on any atom is -0.317 e. The predicted octanol–water partition coefficient (Wildman–Crippen LogP) is 1.16. The molecular formula is C15H22N2O3S. The van der Waals surface area contributed by atoms with Crippen LogP contribution in [0.4, 0.5) is 0 Å². The molecule has 21 heavy (non-hydrogen) atoms. The number of amides is 1. The molecule has 0 aromatic heterocycles. The summed E-state index contributed by atoms with van der Waals surface area (Å²) >= 11 is 0. The van der Waals surface area contributed by atoms with Crippen LogP contribution in [0.2, 0.25) is 0 Å². The quantitative estimate of drug-likeness (QED) is 0.875. The van der Waals surface area contributed by atoms with E-state index in [1.165, 1.54) is 0 Å². The van der Waals surface area contributed by atoms with Gasteiger partial charge in [0.15, 0.2) is 0 Å². The lowest BCUT2D eigenvalue weighted by Crippen LogP contribution is -2.53. The van der Waals surface area contributed by atoms with Gasteiger partial charge in [0.25, 0.3) is 0 Å². The number of carbonyl (C=O) groups is 1. The van der Waals surface area contributed by atoms with Gasteiger partial charge in [0.1, 0.15) is 0 Å². The molecule has 1 aliphatic heterocycles. The Labute approximate surface area is 126 Å². The van der Waals surface area contributed by atoms with Crippen LogP contribution in [0, 0.1) is 0 Å². The first-order valence-corrected chi connectivity index (χ1v) is 8.75. The Morgan fingerprint density at radius 1 is 1.19 bits per heavy atom. The van der Waals surface area contributed by atoms with Crippen molar-refractivity contribution < 1.29 is 13.2 Å². The van der Waals surface area contributed by atoms with Crippen LogP contribution in [-0.4, -0.2) is 32.7 Å². The van der Waals surface area contributed by atoms with Crippen molar-refractivity contribution in [1.29, 1.82) is 0 Å². The molecule has 1 heterocycles. The molecular weight excluding hydrogens is 288 g/mol. The molecule has 0 atom stereocenters. The van der Waals surface area contributed by atoms with Gasteiger partial charge in [-0.05, 0) is 45.3 Å². The Balaban J connectivity index is 2.35. The molecule has 1 fully saturated rings. The van der Waals surface area contributed by atoms with E-state index in [4.69, 9.17) is 0 Å². The molecule has 1 amide bonds. The predicted molar refractivity (Wildman–Crippen MR) is 82.4 cm³/mol. The van der Waals surface area contributed by atoms with Crippen LogP contribution in [0.5, 0.6) is 0 Å². The largest absolute Gasteiger partial charge is 0.317 e. The van der Waals surface area contributed by atoms with Crippen molar-refractivity contribution >= 4 is 15.9 Å². The topological polar surface area (TPSA) is 75.3 Å². The van der Waals surface area contributed by atoms with Crippen LogP contribution in [-0.2, 0) is 20.2 Å². The highest BCUT2D eigenvalue weighted by Gasteiger charge is 2.42. The second-order valence-corrected chi connectivity index (χ2v) is 7.96. The maximum Gasteiger partial charge on any atom is 0.244 e. The van der Waals surface area contributed by atoms with Crippen LogP contribution in [0.25, 0.3) is 0 Å². The van der Waals surface area contributed by atoms with E-state index in [0.29, 0.717) is 25.9 Å². The van der Waals surface area contributed by atoms with Gasteiger partial charge in [-0.15, -0.1) is 0 Å². The molecule has 0 saturated carbocycles. The SMILES string of the molecule is CC(C)S(=O)(=O)NC(=O)C1(c2ccccc2)CCNCC1. The molecule has 0 aliphatic carbocycles. The Bertz CT molecular complexity index is 591. The molecule has 1 aliphatic rings. The average molecular weight is 310 g/mol. The lowest BCUT2D eigenvalue weighted by Gasteiger charge is -2.36. The van der Waals surface area contributed by atoms with Crippen LogP contribution in [0.15, 0.2) is 30.3 Å². The molecule has 0 radical (unpaired) electrons. The maximum atomic E-state index is 12.7. The molecule has 2 N–H and O–H groups in total. The summed E-state index contributed by atoms with van der Waals surface area (Å²) in [5.74, 6) is -0.413. The van der Waals surface area contributed by atoms with E-state index < -0.39 is 26.6 Å². The second kappa shape index (κ2) is 6.15. The Hall–Kier alpha value is -1.40. The van der Waals surface area contributed by atoms with Gasteiger partial charge in [-0.25, -0.2) is 8.42 Å². The van der Waals surface area contributed by atoms with E-state index >= 15 is 0 Å². The van der Waals surface area contributed by atoms with Crippen molar-refractivity contribution in [3.63, 3.8) is 0 Å². The molecule has 0 bridgehead atoms. The normalized spacial score (nSPS) is 18.4. The van der Waals surface area contributed by atoms with Crippen LogP contribution in [0.1, 0.15) is 32.3 Å². The van der Waals surface area contributed by atoms with Crippen molar-refractivity contribution in [2.45, 2.75) is 37.4 Å². The lowest BCUT2D eigenvalue weighted by atomic mass is 9.72. The van der Waals surface area contributed by atoms with E-state index in [1.54, 1.807) is 13.8 Å². The number of hydrogen-bond acceptors (Lipinski definition) is 4. The van der Waals surface area contributed by atoms with E-state index in [0.717, 1.165) is 5.56 Å². The number of sulfonamides is 1. The minimum absolute atomic E-state index is 0.413. The van der Waals surface area contributed by atoms with Gasteiger partial charge in [0.05, 0.1) is 10.7 Å². The number of piperidine rings is 1. The number of rotatable bonds is 4. The third-order valence-corrected chi connectivity index (χ3v) is 5.78. The first kappa shape index (κ1) is 16.0. The summed E-state index contributed by atoms with van der Waals surface area (Å²) in [6, 6.07) is 9.44. The minimum atomic E-state index is -3.61. The zero-order valence-electron chi connectivity index (χ0n) is 12.4. The third-order valence-electron chi connectivity index (χ3n) is 4.07. The van der Waals surface area contributed by atoms with Crippen molar-refractivity contribution in [1.82, 2.24) is 10.0 Å². The summed E-state index contributed by atoms with van der Waals surface area (Å²) in [7, 11) is -3.61. The van der Waals surface area contributed by atoms with E-state index in [9.17, 15) is 13.2 Å². The highest BCUT2D eigenvalue weighted by Crippen LogP contribution is 2.34. The summed E-state index contributed by atoms with van der Waals surface area (Å²) < 4.78 is 26.3. The molecule has 0 unspecified atom stereocenters. The van der Waals surface area contributed by atoms with Gasteiger partial charge in [0.2, 0.25) is 15.9 Å². The molecule has 2 rings (SSSR count). The summed E-state index contributed by atoms with van der Waals surface area (Å²) in [5, 5.41) is 2.59. The monoisotopic (exact) mass is 310 g/mol. The van der Waals surface area contributed by atoms with Gasteiger partial charge in [0, 0.05) is 0 Å². The number of hydrogen-bond donors (Lipinski definition) is 2. The van der Waals surface area contributed by atoms with Crippen LogP contribution < -0.4 is 10.0 Å². The fourth-order valence-corrected chi connectivity index (χ4v) is 3.29. The van der Waals surface area contributed by atoms with Gasteiger partial charge < -0.3 is 5.32 Å². The van der Waals surface area contributed by atoms with E-state index in [-0.39, 0.29) is 0 Å². The maximum absolute atomic E-state index is 12.7. The highest BCUT2D eigenvalue weighted by molar-refractivity contribution is 7.90. The second-order valence-electron chi connectivity index (χ2n) is 5.72. The number of carbonyl (C=O) groups excluding carboxylic acids is 1. The highest BCUT2D eigenvalue weighted by atomic mass is 32.2. The first-order chi connectivity index (χ1) is 9.88. The standard InChI is InChI=1S/C15H22N2O3S/c1-12(2)21(19,20)17-14(18)15(8-10-16-11-9-15)13-6-4-3-5-7-13/h3-7,12,16H,8-11H2,1-2H3,(H,17,18). The van der Waals surface area contributed by atoms with Crippen molar-refractivity contribution in [2.75, 3.05) is 13.1 Å². The Morgan fingerprint density at radius 2 is 1.76 bits per heavy atom. The molecule has 1 saturated heterocycles. The van der Waals surface area contributed by atoms with E-state index in [1.807, 2.05) is 30.3 Å². The number of nitrogens with one attached hydrogen (secondary N) is 2. The molecule has 6 heteroatoms. The van der Waals surface area contributed by atoms with Crippen molar-refractivity contribution in [2.24, 2.45) is 0 Å². The van der Waals surface area contributed by atoms with Gasteiger partial charge in [-0.3, -0.25) is 9.52 Å². The lowest BCUT2D eigenvalue weighted by molar-refractivity contribution is -0.126. The van der Waals surface area contributed by atoms with Gasteiger partial charge in [-0.1, -0.05) is 30.3 Å². The molecule has 0 spiro atoms. The Morgan fingerprint density at radius 3 is 2.29 bits per heavy atom. The summed E-state index contributed by atoms with van der Waals surface area (Å²) in [6.07, 6.45) is 1.19. The smallest absolute Gasteiger partial charge is 0.244 e. The van der Waals surface area contributed by atoms with E-state index in [2.05, 4.69) is 10.0 Å². The van der Waals surface area contributed by atoms with Gasteiger partial charge >= 0.3 is 0 Å². The summed E-state index contributed by atoms with van der Waals surface area (Å²) in [5.41, 5.74) is 0.108. The molecule has 5 nitrogen and oxygen atoms in total. The number of benzene rings is 1. The first-order valence-electron chi connectivity index (χ1n) is 7.21. The van der Waals surface area contributed by atoms with Gasteiger partial charge in [-0.2, -0.15) is 0 Å². The average Bonchev–Trinajstić information content (AvgIpc) is 2.48. The zero-order valence-corrected chi connectivity index (χ0v) is 13.2. The zero-order chi connectivity index (χ0) is 15.5. The van der Waals surface area contributed by atoms with Crippen LogP contribution in [0.3, 0.4) is 0 Å². The summed E-state index contributed by atoms with van der Waals surface area (Å²) in [4.78, 5) is 12.7. The fourth-order valence-electron chi connectivity index (χ4n) is 2.60. The molecule has 1 aromatic carbocycles. The Kier molecular flexibility index (Phi) is 4.68. The fraction of sp³-hybridized carbons (Fsp3) is 0.533. The third kappa shape index (κ3) is 3.27. The summed E-state index contributed by atoms with van der Waals surface area (Å²) in [6.45, 7) is 4.52. The van der Waals surface area contributed by atoms with Crippen LogP contribution >= 0.6 is 0 Å². The molecule has 1 aromatic rings. The van der Waals surface area contributed by atoms with Crippen molar-refractivity contribution in [3.05, 3.63) is 35.9 Å². The van der Waals surface area contributed by atoms with Crippen molar-refractivity contribution in [3.8, 4) is 0 Å². The molecule has 116 valence electrons.